The first-order chi connectivity index (χ1) is 13.9. The van der Waals surface area contributed by atoms with E-state index in [0.29, 0.717) is 30.3 Å². The van der Waals surface area contributed by atoms with Crippen LogP contribution in [0, 0.1) is 11.8 Å². The van der Waals surface area contributed by atoms with Crippen LogP contribution in [0.25, 0.3) is 0 Å². The summed E-state index contributed by atoms with van der Waals surface area (Å²) < 4.78 is 15.6. The molecular weight excluding hydrogens is 378 g/mol. The van der Waals surface area contributed by atoms with Gasteiger partial charge in [-0.15, -0.1) is 0 Å². The highest BCUT2D eigenvalue weighted by Crippen LogP contribution is 2.37. The maximum Gasteiger partial charge on any atom is 0.242 e. The number of fused-ring (bicyclic) bond motifs is 1. The average Bonchev–Trinajstić information content (AvgIpc) is 3.31. The summed E-state index contributed by atoms with van der Waals surface area (Å²) in [7, 11) is 1.55. The van der Waals surface area contributed by atoms with Gasteiger partial charge in [0.25, 0.3) is 0 Å². The second-order valence-electron chi connectivity index (χ2n) is 7.46. The standard InChI is InChI=1S/C20H27N3O6/c1-12(2)18(20(26)21-6-7-27-3)22-19(25)13-8-17(24)23(10-13)14-4-5-15-16(9-14)29-11-28-15/h4-5,9,12-13,18H,6-8,10-11H2,1-3H3,(H,21,26)(H,22,25)/t13?,18-/m1/s1. The Balaban J connectivity index is 1.62. The highest BCUT2D eigenvalue weighted by Gasteiger charge is 2.37. The van der Waals surface area contributed by atoms with E-state index in [-0.39, 0.29) is 43.4 Å². The third kappa shape index (κ3) is 4.79. The summed E-state index contributed by atoms with van der Waals surface area (Å²) in [6.45, 7) is 4.89. The van der Waals surface area contributed by atoms with E-state index in [1.807, 2.05) is 13.8 Å². The van der Waals surface area contributed by atoms with E-state index in [1.165, 1.54) is 0 Å². The molecule has 1 saturated heterocycles. The minimum absolute atomic E-state index is 0.0936. The minimum Gasteiger partial charge on any atom is -0.454 e. The Morgan fingerprint density at radius 1 is 1.28 bits per heavy atom. The first kappa shape index (κ1) is 20.9. The van der Waals surface area contributed by atoms with Crippen molar-refractivity contribution in [3.8, 4) is 11.5 Å². The van der Waals surface area contributed by atoms with Crippen molar-refractivity contribution in [3.63, 3.8) is 0 Å². The molecule has 2 atom stereocenters. The maximum atomic E-state index is 12.8. The van der Waals surface area contributed by atoms with Crippen molar-refractivity contribution < 1.29 is 28.6 Å². The van der Waals surface area contributed by atoms with Crippen LogP contribution in [0.1, 0.15) is 20.3 Å². The van der Waals surface area contributed by atoms with Crippen LogP contribution in [-0.4, -0.2) is 57.4 Å². The largest absolute Gasteiger partial charge is 0.454 e. The Morgan fingerprint density at radius 3 is 2.76 bits per heavy atom. The van der Waals surface area contributed by atoms with Crippen molar-refractivity contribution in [2.75, 3.05) is 38.5 Å². The summed E-state index contributed by atoms with van der Waals surface area (Å²) in [5.41, 5.74) is 0.660. The SMILES string of the molecule is COCCNC(=O)[C@H](NC(=O)C1CC(=O)N(c2ccc3c(c2)OCO3)C1)C(C)C. The molecule has 1 fully saturated rings. The fraction of sp³-hybridized carbons (Fsp3) is 0.550. The Morgan fingerprint density at radius 2 is 2.03 bits per heavy atom. The Kier molecular flexibility index (Phi) is 6.58. The summed E-state index contributed by atoms with van der Waals surface area (Å²) >= 11 is 0. The molecule has 0 bridgehead atoms. The molecule has 2 N–H and O–H groups in total. The zero-order valence-corrected chi connectivity index (χ0v) is 16.9. The van der Waals surface area contributed by atoms with E-state index in [4.69, 9.17) is 14.2 Å². The normalized spacial score (nSPS) is 18.8. The smallest absolute Gasteiger partial charge is 0.242 e. The predicted octanol–water partition coefficient (Wildman–Crippen LogP) is 0.672. The van der Waals surface area contributed by atoms with Gasteiger partial charge >= 0.3 is 0 Å². The molecule has 2 heterocycles. The van der Waals surface area contributed by atoms with Gasteiger partial charge in [-0.05, 0) is 18.1 Å². The first-order valence-electron chi connectivity index (χ1n) is 9.67. The van der Waals surface area contributed by atoms with Gasteiger partial charge in [0.15, 0.2) is 11.5 Å². The van der Waals surface area contributed by atoms with E-state index >= 15 is 0 Å². The number of anilines is 1. The van der Waals surface area contributed by atoms with Crippen LogP contribution in [-0.2, 0) is 19.1 Å². The van der Waals surface area contributed by atoms with E-state index < -0.39 is 12.0 Å². The molecule has 158 valence electrons. The third-order valence-electron chi connectivity index (χ3n) is 5.02. The lowest BCUT2D eigenvalue weighted by Gasteiger charge is -2.23. The number of carbonyl (C=O) groups is 3. The second kappa shape index (κ2) is 9.13. The van der Waals surface area contributed by atoms with Gasteiger partial charge in [0.05, 0.1) is 12.5 Å². The quantitative estimate of drug-likeness (QED) is 0.616. The van der Waals surface area contributed by atoms with E-state index in [9.17, 15) is 14.4 Å². The number of methoxy groups -OCH3 is 1. The second-order valence-corrected chi connectivity index (χ2v) is 7.46. The fourth-order valence-corrected chi connectivity index (χ4v) is 3.38. The van der Waals surface area contributed by atoms with Gasteiger partial charge in [0.2, 0.25) is 24.5 Å². The van der Waals surface area contributed by atoms with Crippen molar-refractivity contribution in [2.24, 2.45) is 11.8 Å². The zero-order valence-electron chi connectivity index (χ0n) is 16.9. The summed E-state index contributed by atoms with van der Waals surface area (Å²) in [6, 6.07) is 4.58. The molecule has 3 amide bonds. The lowest BCUT2D eigenvalue weighted by atomic mass is 10.0. The molecule has 0 radical (unpaired) electrons. The lowest BCUT2D eigenvalue weighted by Crippen LogP contribution is -2.51. The lowest BCUT2D eigenvalue weighted by molar-refractivity contribution is -0.132. The zero-order chi connectivity index (χ0) is 21.0. The van der Waals surface area contributed by atoms with Crippen molar-refractivity contribution >= 4 is 23.4 Å². The van der Waals surface area contributed by atoms with Crippen molar-refractivity contribution in [1.29, 1.82) is 0 Å². The van der Waals surface area contributed by atoms with Crippen LogP contribution in [0.15, 0.2) is 18.2 Å². The van der Waals surface area contributed by atoms with Crippen LogP contribution < -0.4 is 25.0 Å². The van der Waals surface area contributed by atoms with Crippen molar-refractivity contribution in [3.05, 3.63) is 18.2 Å². The Hall–Kier alpha value is -2.81. The Bertz CT molecular complexity index is 781. The number of hydrogen-bond acceptors (Lipinski definition) is 6. The number of rotatable bonds is 8. The van der Waals surface area contributed by atoms with Crippen LogP contribution in [0.4, 0.5) is 5.69 Å². The van der Waals surface area contributed by atoms with E-state index in [2.05, 4.69) is 10.6 Å². The number of hydrogen-bond donors (Lipinski definition) is 2. The van der Waals surface area contributed by atoms with Crippen molar-refractivity contribution in [1.82, 2.24) is 10.6 Å². The van der Waals surface area contributed by atoms with Crippen molar-refractivity contribution in [2.45, 2.75) is 26.3 Å². The molecule has 29 heavy (non-hydrogen) atoms. The van der Waals surface area contributed by atoms with Crippen LogP contribution >= 0.6 is 0 Å². The van der Waals surface area contributed by atoms with Gasteiger partial charge in [-0.1, -0.05) is 13.8 Å². The molecule has 9 heteroatoms. The molecule has 0 saturated carbocycles. The van der Waals surface area contributed by atoms with Gasteiger partial charge in [0, 0.05) is 38.4 Å². The average molecular weight is 405 g/mol. The third-order valence-corrected chi connectivity index (χ3v) is 5.02. The highest BCUT2D eigenvalue weighted by molar-refractivity contribution is 6.01. The predicted molar refractivity (Wildman–Crippen MR) is 105 cm³/mol. The topological polar surface area (TPSA) is 106 Å². The molecule has 2 aliphatic heterocycles. The van der Waals surface area contributed by atoms with Crippen LogP contribution in [0.3, 0.4) is 0 Å². The molecule has 1 aromatic carbocycles. The summed E-state index contributed by atoms with van der Waals surface area (Å²) in [6.07, 6.45) is 0.0936. The molecule has 1 aromatic rings. The van der Waals surface area contributed by atoms with Gasteiger partial charge in [0.1, 0.15) is 6.04 Å². The number of nitrogens with one attached hydrogen (secondary N) is 2. The number of nitrogens with zero attached hydrogens (tertiary/aromatic N) is 1. The van der Waals surface area contributed by atoms with Gasteiger partial charge in [-0.3, -0.25) is 14.4 Å². The van der Waals surface area contributed by atoms with Crippen LogP contribution in [0.2, 0.25) is 0 Å². The number of carbonyl (C=O) groups excluding carboxylic acids is 3. The molecule has 9 nitrogen and oxygen atoms in total. The first-order valence-corrected chi connectivity index (χ1v) is 9.67. The molecule has 3 rings (SSSR count). The molecule has 1 unspecified atom stereocenters. The highest BCUT2D eigenvalue weighted by atomic mass is 16.7. The van der Waals surface area contributed by atoms with Gasteiger partial charge in [-0.25, -0.2) is 0 Å². The fourth-order valence-electron chi connectivity index (χ4n) is 3.38. The van der Waals surface area contributed by atoms with Crippen LogP contribution in [0.5, 0.6) is 11.5 Å². The number of benzene rings is 1. The maximum absolute atomic E-state index is 12.8. The molecule has 0 spiro atoms. The number of ether oxygens (including phenoxy) is 3. The Labute approximate surface area is 169 Å². The summed E-state index contributed by atoms with van der Waals surface area (Å²) in [5.74, 6) is -0.117. The summed E-state index contributed by atoms with van der Waals surface area (Å²) in [5, 5.41) is 5.55. The molecule has 2 aliphatic rings. The van der Waals surface area contributed by atoms with E-state index in [1.54, 1.807) is 30.2 Å². The molecular formula is C20H27N3O6. The monoisotopic (exact) mass is 405 g/mol. The van der Waals surface area contributed by atoms with E-state index in [0.717, 1.165) is 0 Å². The summed E-state index contributed by atoms with van der Waals surface area (Å²) in [4.78, 5) is 39.2. The molecule has 0 aromatic heterocycles. The molecule has 0 aliphatic carbocycles. The van der Waals surface area contributed by atoms with Gasteiger partial charge < -0.3 is 29.7 Å². The van der Waals surface area contributed by atoms with Gasteiger partial charge in [-0.2, -0.15) is 0 Å². The number of amides is 3. The minimum atomic E-state index is -0.672.